The van der Waals surface area contributed by atoms with E-state index in [4.69, 9.17) is 4.74 Å². The number of hydrogen-bond donors (Lipinski definition) is 1. The van der Waals surface area contributed by atoms with Crippen molar-refractivity contribution in [1.82, 2.24) is 4.90 Å². The summed E-state index contributed by atoms with van der Waals surface area (Å²) in [6.45, 7) is 5.16. The van der Waals surface area contributed by atoms with Crippen LogP contribution in [0.2, 0.25) is 0 Å². The van der Waals surface area contributed by atoms with Crippen LogP contribution in [0.4, 0.5) is 0 Å². The molecule has 0 aliphatic heterocycles. The summed E-state index contributed by atoms with van der Waals surface area (Å²) in [5.41, 5.74) is 2.13. The van der Waals surface area contributed by atoms with Crippen LogP contribution >= 0.6 is 0 Å². The first-order valence-electron chi connectivity index (χ1n) is 6.46. The molecule has 1 unspecified atom stereocenters. The van der Waals surface area contributed by atoms with Gasteiger partial charge in [0.25, 0.3) is 0 Å². The lowest BCUT2D eigenvalue weighted by Crippen LogP contribution is -2.16. The minimum Gasteiger partial charge on any atom is -0.496 e. The lowest BCUT2D eigenvalue weighted by Gasteiger charge is -2.19. The van der Waals surface area contributed by atoms with Gasteiger partial charge in [-0.25, -0.2) is 0 Å². The maximum absolute atomic E-state index is 10.3. The zero-order chi connectivity index (χ0) is 13.7. The van der Waals surface area contributed by atoms with Crippen molar-refractivity contribution in [2.24, 2.45) is 0 Å². The Bertz CT molecular complexity index is 375. The lowest BCUT2D eigenvalue weighted by molar-refractivity contribution is 0.150. The molecule has 0 fully saturated rings. The van der Waals surface area contributed by atoms with Crippen LogP contribution in [-0.4, -0.2) is 37.8 Å². The van der Waals surface area contributed by atoms with Gasteiger partial charge in [0.2, 0.25) is 0 Å². The fourth-order valence-corrected chi connectivity index (χ4v) is 1.91. The molecule has 0 radical (unpaired) electrons. The van der Waals surface area contributed by atoms with Crippen LogP contribution in [0.1, 0.15) is 43.4 Å². The molecule has 0 aromatic heterocycles. The van der Waals surface area contributed by atoms with E-state index < -0.39 is 6.10 Å². The normalized spacial score (nSPS) is 13.1. The molecule has 0 saturated heterocycles. The highest BCUT2D eigenvalue weighted by molar-refractivity contribution is 5.39. The number of nitrogens with zero attached hydrogens (tertiary/aromatic N) is 1. The number of benzene rings is 1. The third-order valence-corrected chi connectivity index (χ3v) is 3.13. The summed E-state index contributed by atoms with van der Waals surface area (Å²) in [6.07, 6.45) is 0.242. The summed E-state index contributed by atoms with van der Waals surface area (Å²) < 4.78 is 5.33. The molecular weight excluding hydrogens is 226 g/mol. The van der Waals surface area contributed by atoms with Crippen LogP contribution in [0.15, 0.2) is 18.2 Å². The molecule has 1 rings (SSSR count). The number of ether oxygens (including phenoxy) is 1. The van der Waals surface area contributed by atoms with Gasteiger partial charge in [-0.3, -0.25) is 0 Å². The molecule has 0 aliphatic carbocycles. The number of hydrogen-bond acceptors (Lipinski definition) is 3. The van der Waals surface area contributed by atoms with Crippen LogP contribution in [0, 0.1) is 0 Å². The highest BCUT2D eigenvalue weighted by Gasteiger charge is 2.15. The van der Waals surface area contributed by atoms with Gasteiger partial charge < -0.3 is 14.7 Å². The maximum Gasteiger partial charge on any atom is 0.124 e. The highest BCUT2D eigenvalue weighted by Crippen LogP contribution is 2.30. The predicted octanol–water partition coefficient (Wildman–Crippen LogP) is 2.80. The van der Waals surface area contributed by atoms with Gasteiger partial charge in [0, 0.05) is 12.1 Å². The molecule has 0 aliphatic rings. The largest absolute Gasteiger partial charge is 0.496 e. The van der Waals surface area contributed by atoms with E-state index in [9.17, 15) is 5.11 Å². The molecule has 3 nitrogen and oxygen atoms in total. The zero-order valence-electron chi connectivity index (χ0n) is 12.1. The predicted molar refractivity (Wildman–Crippen MR) is 75.2 cm³/mol. The molecule has 0 saturated carbocycles. The van der Waals surface area contributed by atoms with Gasteiger partial charge in [-0.2, -0.15) is 0 Å². The Morgan fingerprint density at radius 2 is 1.94 bits per heavy atom. The van der Waals surface area contributed by atoms with Crippen molar-refractivity contribution in [2.75, 3.05) is 27.7 Å². The minimum atomic E-state index is -0.471. The second kappa shape index (κ2) is 6.76. The van der Waals surface area contributed by atoms with Crippen molar-refractivity contribution in [3.8, 4) is 5.75 Å². The zero-order valence-corrected chi connectivity index (χ0v) is 12.1. The summed E-state index contributed by atoms with van der Waals surface area (Å²) in [5.74, 6) is 1.22. The summed E-state index contributed by atoms with van der Waals surface area (Å²) in [7, 11) is 5.66. The van der Waals surface area contributed by atoms with E-state index in [1.54, 1.807) is 7.11 Å². The average Bonchev–Trinajstić information content (AvgIpc) is 2.34. The Morgan fingerprint density at radius 1 is 1.28 bits per heavy atom. The molecule has 1 aromatic rings. The Balaban J connectivity index is 2.92. The first-order chi connectivity index (χ1) is 8.45. The van der Waals surface area contributed by atoms with Crippen molar-refractivity contribution >= 4 is 0 Å². The maximum atomic E-state index is 10.3. The molecule has 102 valence electrons. The van der Waals surface area contributed by atoms with Gasteiger partial charge in [-0.1, -0.05) is 19.9 Å². The number of aliphatic hydroxyl groups is 1. The van der Waals surface area contributed by atoms with E-state index in [2.05, 4.69) is 30.9 Å². The standard InChI is InChI=1S/C15H25NO2/c1-11(2)12-6-7-15(18-5)13(10-12)14(17)8-9-16(3)4/h6-7,10-11,14,17H,8-9H2,1-5H3. The number of methoxy groups -OCH3 is 1. The number of aliphatic hydroxyl groups excluding tert-OH is 1. The van der Waals surface area contributed by atoms with Crippen molar-refractivity contribution in [3.63, 3.8) is 0 Å². The first kappa shape index (κ1) is 15.0. The molecular formula is C15H25NO2. The van der Waals surface area contributed by atoms with Gasteiger partial charge in [0.05, 0.1) is 13.2 Å². The smallest absolute Gasteiger partial charge is 0.124 e. The van der Waals surface area contributed by atoms with E-state index in [0.717, 1.165) is 17.9 Å². The lowest BCUT2D eigenvalue weighted by atomic mass is 9.96. The minimum absolute atomic E-state index is 0.454. The van der Waals surface area contributed by atoms with E-state index in [1.807, 2.05) is 20.2 Å². The van der Waals surface area contributed by atoms with E-state index >= 15 is 0 Å². The second-order valence-corrected chi connectivity index (χ2v) is 5.26. The molecule has 0 amide bonds. The van der Waals surface area contributed by atoms with E-state index in [1.165, 1.54) is 5.56 Å². The quantitative estimate of drug-likeness (QED) is 0.844. The third kappa shape index (κ3) is 4.00. The summed E-state index contributed by atoms with van der Waals surface area (Å²) in [5, 5.41) is 10.3. The Kier molecular flexibility index (Phi) is 5.63. The number of rotatable bonds is 6. The van der Waals surface area contributed by atoms with Crippen LogP contribution in [-0.2, 0) is 0 Å². The van der Waals surface area contributed by atoms with Crippen molar-refractivity contribution in [3.05, 3.63) is 29.3 Å². The van der Waals surface area contributed by atoms with Crippen LogP contribution in [0.25, 0.3) is 0 Å². The molecule has 1 aromatic carbocycles. The molecule has 0 bridgehead atoms. The van der Waals surface area contributed by atoms with Gasteiger partial charge >= 0.3 is 0 Å². The van der Waals surface area contributed by atoms with Crippen LogP contribution in [0.5, 0.6) is 5.75 Å². The SMILES string of the molecule is COc1ccc(C(C)C)cc1C(O)CCN(C)C. The summed E-state index contributed by atoms with van der Waals surface area (Å²) in [4.78, 5) is 2.07. The molecule has 18 heavy (non-hydrogen) atoms. The first-order valence-corrected chi connectivity index (χ1v) is 6.46. The molecule has 1 N–H and O–H groups in total. The van der Waals surface area contributed by atoms with Crippen molar-refractivity contribution < 1.29 is 9.84 Å². The molecule has 3 heteroatoms. The summed E-state index contributed by atoms with van der Waals surface area (Å²) in [6, 6.07) is 6.07. The fourth-order valence-electron chi connectivity index (χ4n) is 1.91. The third-order valence-electron chi connectivity index (χ3n) is 3.13. The topological polar surface area (TPSA) is 32.7 Å². The second-order valence-electron chi connectivity index (χ2n) is 5.26. The fraction of sp³-hybridized carbons (Fsp3) is 0.600. The van der Waals surface area contributed by atoms with Crippen molar-refractivity contribution in [2.45, 2.75) is 32.3 Å². The molecule has 0 spiro atoms. The Morgan fingerprint density at radius 3 is 2.44 bits per heavy atom. The van der Waals surface area contributed by atoms with E-state index in [0.29, 0.717) is 12.3 Å². The Hall–Kier alpha value is -1.06. The summed E-state index contributed by atoms with van der Waals surface area (Å²) >= 11 is 0. The van der Waals surface area contributed by atoms with Gasteiger partial charge in [0.15, 0.2) is 0 Å². The van der Waals surface area contributed by atoms with Crippen LogP contribution < -0.4 is 4.74 Å². The van der Waals surface area contributed by atoms with Gasteiger partial charge in [0.1, 0.15) is 5.75 Å². The molecule has 0 heterocycles. The van der Waals surface area contributed by atoms with Crippen molar-refractivity contribution in [1.29, 1.82) is 0 Å². The molecule has 1 atom stereocenters. The Labute approximate surface area is 110 Å². The van der Waals surface area contributed by atoms with Crippen LogP contribution in [0.3, 0.4) is 0 Å². The average molecular weight is 251 g/mol. The van der Waals surface area contributed by atoms with E-state index in [-0.39, 0.29) is 0 Å². The van der Waals surface area contributed by atoms with Gasteiger partial charge in [-0.05, 0) is 44.1 Å². The van der Waals surface area contributed by atoms with Gasteiger partial charge in [-0.15, -0.1) is 0 Å². The monoisotopic (exact) mass is 251 g/mol. The highest BCUT2D eigenvalue weighted by atomic mass is 16.5.